The van der Waals surface area contributed by atoms with Crippen LogP contribution in [0.3, 0.4) is 0 Å². The zero-order chi connectivity index (χ0) is 68.8. The highest BCUT2D eigenvalue weighted by molar-refractivity contribution is 6.14. The summed E-state index contributed by atoms with van der Waals surface area (Å²) < 4.78 is 143. The van der Waals surface area contributed by atoms with Gasteiger partial charge in [0.25, 0.3) is 0 Å². The molecular formula is C84H60F9N5. The van der Waals surface area contributed by atoms with Crippen LogP contribution in [0.2, 0.25) is 0 Å². The second-order valence-electron chi connectivity index (χ2n) is 25.9. The third kappa shape index (κ3) is 10.2. The summed E-state index contributed by atoms with van der Waals surface area (Å²) >= 11 is 0. The van der Waals surface area contributed by atoms with Gasteiger partial charge in [-0.1, -0.05) is 142 Å². The molecule has 0 radical (unpaired) electrons. The molecule has 484 valence electrons. The number of aryl methyl sites for hydroxylation is 8. The Morgan fingerprint density at radius 3 is 0.806 bits per heavy atom. The maximum atomic E-state index is 16.1. The Labute approximate surface area is 557 Å². The summed E-state index contributed by atoms with van der Waals surface area (Å²) in [5, 5.41) is 18.2. The number of benzene rings is 12. The van der Waals surface area contributed by atoms with Crippen molar-refractivity contribution >= 4 is 87.2 Å². The normalized spacial score (nSPS) is 12.3. The standard InChI is InChI=1S/C42H30F6N2.C42H30F3N3/c1-23-9-14-34-29(19-23)30-20-24(2)10-15-35(30)49(34)38-18-13-28(27-7-5-6-8-33(27)41(43,44)45)40(39(38)42(46,47)48)50-36-16-11-25(3)21-31(36)32-22-26(4)12-17-37(32)50;1-24-9-14-36-30(19-24)31-20-25(2)10-15-37(31)47(36)40-18-13-29(28-7-5-6-8-35(28)42(43,44)45)41(34(40)23-46)48-38-16-11-26(3)21-32(38)33-22-27(4)12-17-39(33)48/h5-22H,1-4H3;5-22H,1-4H3. The first kappa shape index (κ1) is 62.8. The molecule has 0 spiro atoms. The topological polar surface area (TPSA) is 43.5 Å². The fourth-order valence-corrected chi connectivity index (χ4v) is 14.8. The zero-order valence-corrected chi connectivity index (χ0v) is 54.4. The average Bonchev–Trinajstić information content (AvgIpc) is 1.51. The molecule has 16 aromatic rings. The minimum atomic E-state index is -5.00. The van der Waals surface area contributed by atoms with Gasteiger partial charge in [-0.3, -0.25) is 0 Å². The highest BCUT2D eigenvalue weighted by atomic mass is 19.4. The van der Waals surface area contributed by atoms with Crippen molar-refractivity contribution in [2.24, 2.45) is 0 Å². The highest BCUT2D eigenvalue weighted by Gasteiger charge is 2.43. The smallest absolute Gasteiger partial charge is 0.309 e. The maximum Gasteiger partial charge on any atom is 0.420 e. The second kappa shape index (κ2) is 22.9. The maximum absolute atomic E-state index is 16.1. The summed E-state index contributed by atoms with van der Waals surface area (Å²) in [6, 6.07) is 66.0. The fraction of sp³-hybridized carbons (Fsp3) is 0.131. The monoisotopic (exact) mass is 1310 g/mol. The number of nitrogens with zero attached hydrogens (tertiary/aromatic N) is 5. The molecule has 0 amide bonds. The van der Waals surface area contributed by atoms with Crippen LogP contribution in [0, 0.1) is 66.7 Å². The Bertz CT molecular complexity index is 5840. The van der Waals surface area contributed by atoms with Gasteiger partial charge in [0.15, 0.2) is 0 Å². The predicted molar refractivity (Wildman–Crippen MR) is 379 cm³/mol. The number of hydrogen-bond donors (Lipinski definition) is 0. The Kier molecular flexibility index (Phi) is 14.7. The summed E-state index contributed by atoms with van der Waals surface area (Å²) in [5.74, 6) is 0. The largest absolute Gasteiger partial charge is 0.420 e. The summed E-state index contributed by atoms with van der Waals surface area (Å²) in [4.78, 5) is 0. The van der Waals surface area contributed by atoms with E-state index in [0.717, 1.165) is 111 Å². The fourth-order valence-electron chi connectivity index (χ4n) is 14.8. The van der Waals surface area contributed by atoms with Gasteiger partial charge in [0.1, 0.15) is 17.2 Å². The van der Waals surface area contributed by atoms with Gasteiger partial charge < -0.3 is 18.3 Å². The second-order valence-corrected chi connectivity index (χ2v) is 25.9. The Morgan fingerprint density at radius 2 is 0.520 bits per heavy atom. The van der Waals surface area contributed by atoms with Crippen molar-refractivity contribution in [1.82, 2.24) is 18.3 Å². The van der Waals surface area contributed by atoms with Gasteiger partial charge in [0, 0.05) is 54.2 Å². The van der Waals surface area contributed by atoms with Crippen LogP contribution in [0.4, 0.5) is 39.5 Å². The first-order chi connectivity index (χ1) is 46.8. The lowest BCUT2D eigenvalue weighted by atomic mass is 9.93. The molecule has 16 rings (SSSR count). The van der Waals surface area contributed by atoms with E-state index in [1.54, 1.807) is 47.0 Å². The molecule has 14 heteroatoms. The van der Waals surface area contributed by atoms with Crippen molar-refractivity contribution in [3.8, 4) is 51.1 Å². The lowest BCUT2D eigenvalue weighted by molar-refractivity contribution is -0.138. The number of rotatable bonds is 6. The molecule has 0 unspecified atom stereocenters. The molecule has 0 atom stereocenters. The lowest BCUT2D eigenvalue weighted by Gasteiger charge is -2.25. The van der Waals surface area contributed by atoms with Crippen LogP contribution in [0.25, 0.3) is 132 Å². The summed E-state index contributed by atoms with van der Waals surface area (Å²) in [5.41, 5.74) is 11.3. The molecule has 4 heterocycles. The van der Waals surface area contributed by atoms with Crippen LogP contribution in [0.5, 0.6) is 0 Å². The molecule has 0 aliphatic carbocycles. The first-order valence-corrected chi connectivity index (χ1v) is 32.0. The molecule has 5 nitrogen and oxygen atoms in total. The number of hydrogen-bond acceptors (Lipinski definition) is 1. The van der Waals surface area contributed by atoms with Gasteiger partial charge in [0.05, 0.1) is 78.0 Å². The number of fused-ring (bicyclic) bond motifs is 12. The van der Waals surface area contributed by atoms with Gasteiger partial charge >= 0.3 is 18.5 Å². The molecule has 0 saturated heterocycles. The van der Waals surface area contributed by atoms with E-state index in [1.807, 2.05) is 131 Å². The van der Waals surface area contributed by atoms with E-state index in [-0.39, 0.29) is 33.6 Å². The van der Waals surface area contributed by atoms with Crippen LogP contribution in [0.1, 0.15) is 66.8 Å². The van der Waals surface area contributed by atoms with Crippen molar-refractivity contribution in [3.63, 3.8) is 0 Å². The van der Waals surface area contributed by atoms with Gasteiger partial charge in [-0.25, -0.2) is 0 Å². The van der Waals surface area contributed by atoms with E-state index in [4.69, 9.17) is 0 Å². The molecule has 0 saturated carbocycles. The SMILES string of the molecule is Cc1ccc2c(c1)c1cc(C)ccc1n2-c1ccc(-c2ccccc2C(F)(F)F)c(-n2c3ccc(C)cc3c3cc(C)ccc32)c1C#N.Cc1ccc2c(c1)c1cc(C)ccc1n2-c1ccc(-c2ccccc2C(F)(F)F)c(-n2c3ccc(C)cc3c3cc(C)ccc32)c1C(F)(F)F. The van der Waals surface area contributed by atoms with E-state index < -0.39 is 35.2 Å². The summed E-state index contributed by atoms with van der Waals surface area (Å²) in [7, 11) is 0. The molecular weight excluding hydrogens is 1250 g/mol. The van der Waals surface area contributed by atoms with Crippen molar-refractivity contribution < 1.29 is 39.5 Å². The minimum Gasteiger partial charge on any atom is -0.309 e. The van der Waals surface area contributed by atoms with E-state index in [0.29, 0.717) is 49.8 Å². The number of halogens is 9. The van der Waals surface area contributed by atoms with Crippen molar-refractivity contribution in [1.29, 1.82) is 5.26 Å². The van der Waals surface area contributed by atoms with Crippen LogP contribution in [-0.4, -0.2) is 18.3 Å². The Hall–Kier alpha value is -11.3. The minimum absolute atomic E-state index is 0.0192. The summed E-state index contributed by atoms with van der Waals surface area (Å²) in [6.07, 6.45) is -14.4. The third-order valence-electron chi connectivity index (χ3n) is 19.0. The van der Waals surface area contributed by atoms with Crippen molar-refractivity contribution in [2.75, 3.05) is 0 Å². The molecule has 0 aliphatic heterocycles. The van der Waals surface area contributed by atoms with Crippen LogP contribution < -0.4 is 0 Å². The van der Waals surface area contributed by atoms with E-state index in [9.17, 15) is 31.6 Å². The van der Waals surface area contributed by atoms with E-state index in [2.05, 4.69) is 60.9 Å². The number of aromatic nitrogens is 4. The van der Waals surface area contributed by atoms with Crippen LogP contribution in [0.15, 0.2) is 218 Å². The molecule has 0 bridgehead atoms. The van der Waals surface area contributed by atoms with Crippen LogP contribution >= 0.6 is 0 Å². The van der Waals surface area contributed by atoms with Gasteiger partial charge in [-0.2, -0.15) is 44.8 Å². The zero-order valence-electron chi connectivity index (χ0n) is 54.4. The molecule has 0 aliphatic rings. The average molecular weight is 1310 g/mol. The molecule has 4 aromatic heterocycles. The van der Waals surface area contributed by atoms with Gasteiger partial charge in [-0.05, 0) is 188 Å². The molecule has 0 N–H and O–H groups in total. The quantitative estimate of drug-likeness (QED) is 0.153. The van der Waals surface area contributed by atoms with E-state index >= 15 is 13.2 Å². The van der Waals surface area contributed by atoms with Gasteiger partial charge in [0.2, 0.25) is 0 Å². The number of nitriles is 1. The Morgan fingerprint density at radius 1 is 0.265 bits per heavy atom. The Balaban J connectivity index is 0.000000160. The van der Waals surface area contributed by atoms with E-state index in [1.165, 1.54) is 47.0 Å². The van der Waals surface area contributed by atoms with Gasteiger partial charge in [-0.15, -0.1) is 0 Å². The molecule has 12 aromatic carbocycles. The predicted octanol–water partition coefficient (Wildman–Crippen LogP) is 24.5. The number of alkyl halides is 9. The summed E-state index contributed by atoms with van der Waals surface area (Å²) in [6.45, 7) is 15.8. The third-order valence-corrected chi connectivity index (χ3v) is 19.0. The van der Waals surface area contributed by atoms with Crippen molar-refractivity contribution in [3.05, 3.63) is 285 Å². The molecule has 0 fully saturated rings. The first-order valence-electron chi connectivity index (χ1n) is 32.0. The molecule has 98 heavy (non-hydrogen) atoms. The van der Waals surface area contributed by atoms with Crippen LogP contribution in [-0.2, 0) is 18.5 Å². The highest BCUT2D eigenvalue weighted by Crippen LogP contribution is 2.51. The van der Waals surface area contributed by atoms with Crippen molar-refractivity contribution in [2.45, 2.75) is 73.9 Å². The lowest BCUT2D eigenvalue weighted by Crippen LogP contribution is -2.17.